The molecule has 2 atom stereocenters. The van der Waals surface area contributed by atoms with Gasteiger partial charge in [0.1, 0.15) is 11.9 Å². The minimum absolute atomic E-state index is 0.0234. The fourth-order valence-electron chi connectivity index (χ4n) is 6.49. The van der Waals surface area contributed by atoms with Gasteiger partial charge in [-0.1, -0.05) is 36.4 Å². The van der Waals surface area contributed by atoms with Gasteiger partial charge < -0.3 is 10.6 Å². The van der Waals surface area contributed by atoms with Crippen molar-refractivity contribution >= 4 is 29.2 Å². The predicted octanol–water partition coefficient (Wildman–Crippen LogP) is 5.85. The normalized spacial score (nSPS) is 23.2. The quantitative estimate of drug-likeness (QED) is 0.274. The van der Waals surface area contributed by atoms with Gasteiger partial charge in [-0.2, -0.15) is 18.3 Å². The number of amides is 3. The van der Waals surface area contributed by atoms with Gasteiger partial charge in [-0.15, -0.1) is 0 Å². The van der Waals surface area contributed by atoms with E-state index in [1.165, 1.54) is 12.1 Å². The molecular formula is C34H30F3N5O3. The number of halogens is 3. The van der Waals surface area contributed by atoms with Gasteiger partial charge in [-0.25, -0.2) is 4.68 Å². The summed E-state index contributed by atoms with van der Waals surface area (Å²) < 4.78 is 42.1. The van der Waals surface area contributed by atoms with Gasteiger partial charge in [-0.05, 0) is 80.6 Å². The molecule has 2 saturated carbocycles. The molecule has 1 aromatic heterocycles. The predicted molar refractivity (Wildman–Crippen MR) is 161 cm³/mol. The molecule has 3 aromatic carbocycles. The topological polar surface area (TPSA) is 96.3 Å². The average molecular weight is 614 g/mol. The van der Waals surface area contributed by atoms with Crippen LogP contribution in [0, 0.1) is 18.3 Å². The smallest absolute Gasteiger partial charge is 0.339 e. The highest BCUT2D eigenvalue weighted by Gasteiger charge is 2.74. The summed E-state index contributed by atoms with van der Waals surface area (Å²) in [4.78, 5) is 42.3. The van der Waals surface area contributed by atoms with Crippen LogP contribution in [-0.2, 0) is 15.8 Å². The van der Waals surface area contributed by atoms with Crippen LogP contribution in [0.1, 0.15) is 58.4 Å². The molecule has 0 bridgehead atoms. The van der Waals surface area contributed by atoms with Crippen molar-refractivity contribution in [3.63, 3.8) is 0 Å². The Morgan fingerprint density at radius 1 is 1.00 bits per heavy atom. The zero-order valence-corrected chi connectivity index (χ0v) is 24.6. The van der Waals surface area contributed by atoms with E-state index in [4.69, 9.17) is 5.10 Å². The van der Waals surface area contributed by atoms with Crippen LogP contribution in [0.25, 0.3) is 5.69 Å². The molecule has 3 aliphatic rings. The van der Waals surface area contributed by atoms with Crippen molar-refractivity contribution in [2.45, 2.75) is 44.8 Å². The second-order valence-corrected chi connectivity index (χ2v) is 12.0. The number of benzene rings is 3. The molecule has 230 valence electrons. The van der Waals surface area contributed by atoms with E-state index in [1.54, 1.807) is 27.8 Å². The zero-order chi connectivity index (χ0) is 31.7. The Morgan fingerprint density at radius 2 is 1.71 bits per heavy atom. The number of fused-ring (bicyclic) bond motifs is 2. The van der Waals surface area contributed by atoms with E-state index in [0.717, 1.165) is 30.7 Å². The van der Waals surface area contributed by atoms with Crippen molar-refractivity contribution in [3.8, 4) is 5.69 Å². The molecule has 45 heavy (non-hydrogen) atoms. The number of alkyl halides is 3. The summed E-state index contributed by atoms with van der Waals surface area (Å²) >= 11 is 0. The van der Waals surface area contributed by atoms with Crippen LogP contribution in [0.5, 0.6) is 0 Å². The minimum atomic E-state index is -4.64. The van der Waals surface area contributed by atoms with Crippen molar-refractivity contribution < 1.29 is 27.6 Å². The first-order valence-electron chi connectivity index (χ1n) is 14.9. The number of likely N-dealkylation sites (N-methyl/N-ethyl adjacent to an activating group) is 1. The average Bonchev–Trinajstić information content (AvgIpc) is 3.89. The van der Waals surface area contributed by atoms with E-state index >= 15 is 0 Å². The number of hydrogen-bond donors (Lipinski definition) is 2. The molecule has 8 nitrogen and oxygen atoms in total. The number of para-hydroxylation sites is 1. The second kappa shape index (κ2) is 10.3. The molecule has 0 radical (unpaired) electrons. The molecular weight excluding hydrogens is 583 g/mol. The van der Waals surface area contributed by atoms with Gasteiger partial charge in [0.05, 0.1) is 22.4 Å². The third-order valence-electron chi connectivity index (χ3n) is 9.21. The molecule has 4 aromatic rings. The number of aromatic nitrogens is 2. The maximum absolute atomic E-state index is 14.3. The summed E-state index contributed by atoms with van der Waals surface area (Å²) in [6.07, 6.45) is -2.84. The number of anilines is 2. The van der Waals surface area contributed by atoms with E-state index < -0.39 is 35.5 Å². The number of carbonyl (C=O) groups is 3. The molecule has 2 heterocycles. The van der Waals surface area contributed by atoms with Crippen LogP contribution in [0.15, 0.2) is 78.9 Å². The van der Waals surface area contributed by atoms with Gasteiger partial charge in [0.15, 0.2) is 0 Å². The maximum Gasteiger partial charge on any atom is 0.416 e. The van der Waals surface area contributed by atoms with Crippen LogP contribution in [-0.4, -0.2) is 40.1 Å². The molecule has 0 saturated heterocycles. The number of nitrogens with one attached hydrogen (secondary N) is 2. The van der Waals surface area contributed by atoms with E-state index in [9.17, 15) is 27.6 Å². The van der Waals surface area contributed by atoms with Crippen molar-refractivity contribution in [3.05, 3.63) is 107 Å². The second-order valence-electron chi connectivity index (χ2n) is 12.0. The molecule has 7 rings (SSSR count). The Bertz CT molecular complexity index is 1850. The zero-order valence-electron chi connectivity index (χ0n) is 24.6. The first-order valence-corrected chi connectivity index (χ1v) is 14.9. The van der Waals surface area contributed by atoms with E-state index in [1.807, 2.05) is 50.2 Å². The first kappa shape index (κ1) is 28.8. The lowest BCUT2D eigenvalue weighted by Gasteiger charge is -2.38. The maximum atomic E-state index is 14.3. The Morgan fingerprint density at radius 3 is 2.38 bits per heavy atom. The van der Waals surface area contributed by atoms with Gasteiger partial charge in [-0.3, -0.25) is 19.3 Å². The third-order valence-corrected chi connectivity index (χ3v) is 9.21. The summed E-state index contributed by atoms with van der Waals surface area (Å²) in [5.74, 6) is -1.01. The lowest BCUT2D eigenvalue weighted by molar-refractivity contribution is -0.137. The number of aryl methyl sites for hydroxylation is 1. The summed E-state index contributed by atoms with van der Waals surface area (Å²) in [7, 11) is 0. The largest absolute Gasteiger partial charge is 0.416 e. The van der Waals surface area contributed by atoms with Gasteiger partial charge in [0.25, 0.3) is 11.8 Å². The SMILES string of the molecule is CCN1C(=O)[C@H](NC(=O)c2cccc(C(F)(F)F)c2)[C@@H](c2cccc(NC(=O)C34CC3C4)c2)c2c(C)nn(-c3ccccc3)c21. The van der Waals surface area contributed by atoms with Crippen LogP contribution >= 0.6 is 0 Å². The van der Waals surface area contributed by atoms with Crippen LogP contribution in [0.3, 0.4) is 0 Å². The molecule has 3 amide bonds. The Labute approximate surface area is 257 Å². The van der Waals surface area contributed by atoms with Gasteiger partial charge >= 0.3 is 6.18 Å². The monoisotopic (exact) mass is 613 g/mol. The third kappa shape index (κ3) is 4.86. The first-order chi connectivity index (χ1) is 21.5. The highest BCUT2D eigenvalue weighted by atomic mass is 19.4. The summed E-state index contributed by atoms with van der Waals surface area (Å²) in [5, 5.41) is 10.6. The van der Waals surface area contributed by atoms with Crippen molar-refractivity contribution in [2.24, 2.45) is 11.3 Å². The number of nitrogens with zero attached hydrogens (tertiary/aromatic N) is 3. The number of rotatable bonds is 7. The van der Waals surface area contributed by atoms with Crippen molar-refractivity contribution in [1.82, 2.24) is 15.1 Å². The molecule has 1 aliphatic heterocycles. The molecule has 11 heteroatoms. The highest BCUT2D eigenvalue weighted by molar-refractivity contribution is 6.05. The molecule has 2 fully saturated rings. The van der Waals surface area contributed by atoms with Crippen molar-refractivity contribution in [2.75, 3.05) is 16.8 Å². The van der Waals surface area contributed by atoms with E-state index in [2.05, 4.69) is 10.6 Å². The minimum Gasteiger partial charge on any atom is -0.339 e. The Kier molecular flexibility index (Phi) is 6.61. The summed E-state index contributed by atoms with van der Waals surface area (Å²) in [6, 6.07) is 19.5. The van der Waals surface area contributed by atoms with E-state index in [-0.39, 0.29) is 23.4 Å². The van der Waals surface area contributed by atoms with Crippen LogP contribution in [0.2, 0.25) is 0 Å². The highest BCUT2D eigenvalue weighted by Crippen LogP contribution is 2.75. The standard InChI is InChI=1S/C34H30F3N5O3/c1-3-41-30-26(19(2)40-42(30)25-13-5-4-6-14-25)27(20-9-8-12-24(16-20)38-32(45)33-17-23(33)18-33)28(31(41)44)39-29(43)21-10-7-11-22(15-21)34(35,36)37/h4-16,23,27-28H,3,17-18H2,1-2H3,(H,38,45)(H,39,43)/t23?,27-,28+,33?/m0/s1. The van der Waals surface area contributed by atoms with Crippen LogP contribution < -0.4 is 15.5 Å². The molecule has 2 N–H and O–H groups in total. The van der Waals surface area contributed by atoms with Crippen molar-refractivity contribution in [1.29, 1.82) is 0 Å². The lowest BCUT2D eigenvalue weighted by Crippen LogP contribution is -2.55. The number of hydrogen-bond acceptors (Lipinski definition) is 4. The fourth-order valence-corrected chi connectivity index (χ4v) is 6.49. The summed E-state index contributed by atoms with van der Waals surface area (Å²) in [5.41, 5.74) is 1.83. The molecule has 2 aliphatic carbocycles. The summed E-state index contributed by atoms with van der Waals surface area (Å²) in [6.45, 7) is 3.89. The molecule has 0 spiro atoms. The fraction of sp³-hybridized carbons (Fsp3) is 0.294. The Balaban J connectivity index is 1.33. The Hall–Kier alpha value is -4.93. The van der Waals surface area contributed by atoms with Crippen LogP contribution in [0.4, 0.5) is 24.7 Å². The van der Waals surface area contributed by atoms with Gasteiger partial charge in [0, 0.05) is 29.3 Å². The molecule has 0 unspecified atom stereocenters. The number of carbonyl (C=O) groups excluding carboxylic acids is 3. The van der Waals surface area contributed by atoms with E-state index in [0.29, 0.717) is 34.2 Å². The van der Waals surface area contributed by atoms with Gasteiger partial charge in [0.2, 0.25) is 5.91 Å². The lowest BCUT2D eigenvalue weighted by atomic mass is 9.81.